The SMILES string of the molecule is COC(=O)C(Cc1ccc(O)cc1)CN(Cc1ccccc1)S(=O)(=O)c1ccc(C)cc1. The van der Waals surface area contributed by atoms with E-state index in [0.717, 1.165) is 16.7 Å². The van der Waals surface area contributed by atoms with E-state index in [0.29, 0.717) is 0 Å². The van der Waals surface area contributed by atoms with E-state index in [1.165, 1.54) is 23.5 Å². The van der Waals surface area contributed by atoms with Crippen molar-refractivity contribution in [3.63, 3.8) is 0 Å². The monoisotopic (exact) mass is 453 g/mol. The molecule has 1 unspecified atom stereocenters. The molecule has 7 heteroatoms. The summed E-state index contributed by atoms with van der Waals surface area (Å²) in [6.07, 6.45) is 0.279. The molecular formula is C25H27NO5S. The number of carbonyl (C=O) groups excluding carboxylic acids is 1. The zero-order valence-electron chi connectivity index (χ0n) is 18.1. The molecule has 0 spiro atoms. The predicted molar refractivity (Wildman–Crippen MR) is 123 cm³/mol. The van der Waals surface area contributed by atoms with E-state index in [-0.39, 0.29) is 30.2 Å². The second-order valence-electron chi connectivity index (χ2n) is 7.69. The van der Waals surface area contributed by atoms with Crippen molar-refractivity contribution >= 4 is 16.0 Å². The van der Waals surface area contributed by atoms with Crippen LogP contribution in [0.2, 0.25) is 0 Å². The zero-order chi connectivity index (χ0) is 23.1. The Hall–Kier alpha value is -3.16. The lowest BCUT2D eigenvalue weighted by molar-refractivity contribution is -0.145. The lowest BCUT2D eigenvalue weighted by atomic mass is 9.99. The minimum absolute atomic E-state index is 0.0430. The van der Waals surface area contributed by atoms with Gasteiger partial charge in [0.05, 0.1) is 17.9 Å². The van der Waals surface area contributed by atoms with Crippen LogP contribution in [0.25, 0.3) is 0 Å². The number of carbonyl (C=O) groups is 1. The number of phenols is 1. The van der Waals surface area contributed by atoms with Gasteiger partial charge >= 0.3 is 5.97 Å². The molecule has 3 aromatic rings. The average molecular weight is 454 g/mol. The fourth-order valence-electron chi connectivity index (χ4n) is 3.45. The van der Waals surface area contributed by atoms with E-state index in [9.17, 15) is 18.3 Å². The van der Waals surface area contributed by atoms with Gasteiger partial charge in [0.2, 0.25) is 10.0 Å². The predicted octanol–water partition coefficient (Wildman–Crippen LogP) is 3.92. The van der Waals surface area contributed by atoms with E-state index in [1.54, 1.807) is 36.4 Å². The summed E-state index contributed by atoms with van der Waals surface area (Å²) in [4.78, 5) is 12.8. The normalized spacial score (nSPS) is 12.5. The number of phenolic OH excluding ortho intramolecular Hbond substituents is 1. The third kappa shape index (κ3) is 5.96. The molecule has 1 N–H and O–H groups in total. The molecule has 32 heavy (non-hydrogen) atoms. The van der Waals surface area contributed by atoms with Crippen molar-refractivity contribution in [2.24, 2.45) is 5.92 Å². The van der Waals surface area contributed by atoms with Crippen LogP contribution in [0.3, 0.4) is 0 Å². The van der Waals surface area contributed by atoms with Crippen LogP contribution in [-0.4, -0.2) is 37.5 Å². The molecule has 0 radical (unpaired) electrons. The van der Waals surface area contributed by atoms with Crippen molar-refractivity contribution in [2.45, 2.75) is 24.8 Å². The van der Waals surface area contributed by atoms with Gasteiger partial charge in [-0.05, 0) is 48.7 Å². The Kier molecular flexibility index (Phi) is 7.66. The summed E-state index contributed by atoms with van der Waals surface area (Å²) in [6, 6.07) is 22.4. The molecule has 0 amide bonds. The van der Waals surface area contributed by atoms with Crippen LogP contribution in [-0.2, 0) is 32.5 Å². The summed E-state index contributed by atoms with van der Waals surface area (Å²) >= 11 is 0. The first-order valence-corrected chi connectivity index (χ1v) is 11.7. The highest BCUT2D eigenvalue weighted by atomic mass is 32.2. The first-order valence-electron chi connectivity index (χ1n) is 10.3. The van der Waals surface area contributed by atoms with Crippen LogP contribution in [0, 0.1) is 12.8 Å². The minimum atomic E-state index is -3.87. The number of hydrogen-bond acceptors (Lipinski definition) is 5. The Morgan fingerprint density at radius 3 is 2.16 bits per heavy atom. The number of esters is 1. The van der Waals surface area contributed by atoms with Crippen molar-refractivity contribution in [2.75, 3.05) is 13.7 Å². The number of benzene rings is 3. The summed E-state index contributed by atoms with van der Waals surface area (Å²) in [5.74, 6) is -1.08. The maximum absolute atomic E-state index is 13.5. The molecule has 0 fully saturated rings. The van der Waals surface area contributed by atoms with Crippen LogP contribution in [0.15, 0.2) is 83.8 Å². The van der Waals surface area contributed by atoms with Crippen molar-refractivity contribution in [3.8, 4) is 5.75 Å². The Balaban J connectivity index is 1.95. The average Bonchev–Trinajstić information content (AvgIpc) is 2.80. The van der Waals surface area contributed by atoms with Crippen molar-refractivity contribution in [3.05, 3.63) is 95.6 Å². The van der Waals surface area contributed by atoms with E-state index in [1.807, 2.05) is 37.3 Å². The molecule has 6 nitrogen and oxygen atoms in total. The number of nitrogens with zero attached hydrogens (tertiary/aromatic N) is 1. The van der Waals surface area contributed by atoms with Gasteiger partial charge in [-0.15, -0.1) is 0 Å². The molecule has 0 heterocycles. The minimum Gasteiger partial charge on any atom is -0.508 e. The molecule has 0 aromatic heterocycles. The van der Waals surface area contributed by atoms with Gasteiger partial charge in [-0.3, -0.25) is 4.79 Å². The highest BCUT2D eigenvalue weighted by Crippen LogP contribution is 2.23. The third-order valence-electron chi connectivity index (χ3n) is 5.24. The Labute approximate surface area is 189 Å². The van der Waals surface area contributed by atoms with Gasteiger partial charge in [0.25, 0.3) is 0 Å². The molecule has 0 aliphatic rings. The van der Waals surface area contributed by atoms with Gasteiger partial charge in [0.15, 0.2) is 0 Å². The fraction of sp³-hybridized carbons (Fsp3) is 0.240. The van der Waals surface area contributed by atoms with Gasteiger partial charge in [-0.2, -0.15) is 4.31 Å². The van der Waals surface area contributed by atoms with E-state index >= 15 is 0 Å². The van der Waals surface area contributed by atoms with E-state index < -0.39 is 21.9 Å². The summed E-state index contributed by atoms with van der Waals surface area (Å²) < 4.78 is 33.4. The number of aryl methyl sites for hydroxylation is 1. The third-order valence-corrected chi connectivity index (χ3v) is 7.06. The number of aromatic hydroxyl groups is 1. The first kappa shape index (κ1) is 23.5. The van der Waals surface area contributed by atoms with Gasteiger partial charge < -0.3 is 9.84 Å². The highest BCUT2D eigenvalue weighted by Gasteiger charge is 2.31. The van der Waals surface area contributed by atoms with Crippen molar-refractivity contribution < 1.29 is 23.1 Å². The Morgan fingerprint density at radius 2 is 1.56 bits per heavy atom. The largest absolute Gasteiger partial charge is 0.508 e. The van der Waals surface area contributed by atoms with Crippen molar-refractivity contribution in [1.29, 1.82) is 0 Å². The molecule has 0 aliphatic carbocycles. The molecule has 3 rings (SSSR count). The summed E-state index contributed by atoms with van der Waals surface area (Å²) in [6.45, 7) is 1.97. The first-order chi connectivity index (χ1) is 15.3. The van der Waals surface area contributed by atoms with E-state index in [4.69, 9.17) is 4.74 Å². The molecule has 168 valence electrons. The lowest BCUT2D eigenvalue weighted by Gasteiger charge is -2.26. The maximum atomic E-state index is 13.5. The Bertz CT molecular complexity index is 1130. The summed E-state index contributed by atoms with van der Waals surface area (Å²) in [5, 5.41) is 9.53. The smallest absolute Gasteiger partial charge is 0.310 e. The summed E-state index contributed by atoms with van der Waals surface area (Å²) in [5.41, 5.74) is 2.57. The molecule has 0 saturated carbocycles. The molecule has 0 aliphatic heterocycles. The van der Waals surface area contributed by atoms with Gasteiger partial charge in [0, 0.05) is 13.1 Å². The number of hydrogen-bond donors (Lipinski definition) is 1. The summed E-state index contributed by atoms with van der Waals surface area (Å²) in [7, 11) is -2.57. The second kappa shape index (κ2) is 10.4. The number of ether oxygens (including phenoxy) is 1. The van der Waals surface area contributed by atoms with Crippen LogP contribution < -0.4 is 0 Å². The quantitative estimate of drug-likeness (QED) is 0.497. The number of rotatable bonds is 9. The topological polar surface area (TPSA) is 83.9 Å². The Morgan fingerprint density at radius 1 is 0.938 bits per heavy atom. The molecule has 0 saturated heterocycles. The zero-order valence-corrected chi connectivity index (χ0v) is 19.0. The van der Waals surface area contributed by atoms with Crippen LogP contribution in [0.1, 0.15) is 16.7 Å². The van der Waals surface area contributed by atoms with Gasteiger partial charge in [0.1, 0.15) is 5.75 Å². The standard InChI is InChI=1S/C25H27NO5S/c1-19-8-14-24(15-9-19)32(29,30)26(17-21-6-4-3-5-7-21)18-22(25(28)31-2)16-20-10-12-23(27)13-11-20/h3-15,22,27H,16-18H2,1-2H3. The molecule has 0 bridgehead atoms. The molecule has 1 atom stereocenters. The highest BCUT2D eigenvalue weighted by molar-refractivity contribution is 7.89. The molecular weight excluding hydrogens is 426 g/mol. The van der Waals surface area contributed by atoms with Gasteiger partial charge in [-0.1, -0.05) is 60.2 Å². The van der Waals surface area contributed by atoms with Crippen LogP contribution in [0.5, 0.6) is 5.75 Å². The fourth-order valence-corrected chi connectivity index (χ4v) is 4.92. The van der Waals surface area contributed by atoms with Crippen LogP contribution in [0.4, 0.5) is 0 Å². The van der Waals surface area contributed by atoms with Crippen LogP contribution >= 0.6 is 0 Å². The molecule has 3 aromatic carbocycles. The number of methoxy groups -OCH3 is 1. The maximum Gasteiger partial charge on any atom is 0.310 e. The lowest BCUT2D eigenvalue weighted by Crippen LogP contribution is -2.38. The van der Waals surface area contributed by atoms with Crippen molar-refractivity contribution in [1.82, 2.24) is 4.31 Å². The second-order valence-corrected chi connectivity index (χ2v) is 9.62. The number of sulfonamides is 1. The van der Waals surface area contributed by atoms with E-state index in [2.05, 4.69) is 0 Å². The van der Waals surface area contributed by atoms with Gasteiger partial charge in [-0.25, -0.2) is 8.42 Å².